The van der Waals surface area contributed by atoms with E-state index >= 15 is 0 Å². The third-order valence-corrected chi connectivity index (χ3v) is 10.2. The van der Waals surface area contributed by atoms with Crippen molar-refractivity contribution in [2.24, 2.45) is 0 Å². The van der Waals surface area contributed by atoms with Gasteiger partial charge < -0.3 is 19.8 Å². The largest absolute Gasteiger partial charge is 0.472 e. The number of nitrogens with zero attached hydrogens (tertiary/aromatic N) is 1. The number of unbranched alkanes of at least 4 members (excludes halogenated alkanes) is 17. The molecule has 3 N–H and O–H groups in total. The summed E-state index contributed by atoms with van der Waals surface area (Å²) in [5.74, 6) is -0.190. The molecule has 9 heteroatoms. The van der Waals surface area contributed by atoms with E-state index in [-0.39, 0.29) is 19.1 Å². The second kappa shape index (κ2) is 36.8. The van der Waals surface area contributed by atoms with Gasteiger partial charge in [0, 0.05) is 6.42 Å². The van der Waals surface area contributed by atoms with Crippen molar-refractivity contribution in [2.75, 3.05) is 40.9 Å². The van der Waals surface area contributed by atoms with Crippen molar-refractivity contribution < 1.29 is 32.9 Å². The summed E-state index contributed by atoms with van der Waals surface area (Å²) in [6.45, 7) is 4.66. The van der Waals surface area contributed by atoms with Crippen LogP contribution in [-0.4, -0.2) is 73.4 Å². The minimum absolute atomic E-state index is 0.0571. The smallest absolute Gasteiger partial charge is 0.387 e. The summed E-state index contributed by atoms with van der Waals surface area (Å²) in [6, 6.07) is -0.851. The Kier molecular flexibility index (Phi) is 35.6. The first kappa shape index (κ1) is 52.2. The van der Waals surface area contributed by atoms with E-state index < -0.39 is 20.0 Å². The predicted molar refractivity (Wildman–Crippen MR) is 230 cm³/mol. The number of carbonyl (C=O) groups excluding carboxylic acids is 1. The number of aliphatic hydroxyl groups excluding tert-OH is 1. The Balaban J connectivity index is 4.38. The van der Waals surface area contributed by atoms with E-state index in [1.807, 2.05) is 27.2 Å². The normalized spacial score (nSPS) is 15.0. The Bertz CT molecular complexity index is 1060. The van der Waals surface area contributed by atoms with Crippen LogP contribution in [-0.2, 0) is 18.4 Å². The van der Waals surface area contributed by atoms with Crippen molar-refractivity contribution in [1.29, 1.82) is 0 Å². The maximum absolute atomic E-state index is 12.8. The molecule has 314 valence electrons. The summed E-state index contributed by atoms with van der Waals surface area (Å²) in [4.78, 5) is 23.1. The first-order valence-corrected chi connectivity index (χ1v) is 23.2. The zero-order valence-corrected chi connectivity index (χ0v) is 36.3. The van der Waals surface area contributed by atoms with Gasteiger partial charge in [0.1, 0.15) is 13.2 Å². The van der Waals surface area contributed by atoms with Crippen molar-refractivity contribution >= 4 is 13.7 Å². The van der Waals surface area contributed by atoms with Crippen molar-refractivity contribution in [3.63, 3.8) is 0 Å². The average molecular weight is 780 g/mol. The molecule has 8 nitrogen and oxygen atoms in total. The molecule has 0 aromatic carbocycles. The molecule has 3 atom stereocenters. The number of nitrogens with one attached hydrogen (secondary N) is 1. The molecule has 0 heterocycles. The Labute approximate surface area is 332 Å². The highest BCUT2D eigenvalue weighted by atomic mass is 31.2. The molecule has 0 aliphatic rings. The highest BCUT2D eigenvalue weighted by Crippen LogP contribution is 2.43. The molecule has 54 heavy (non-hydrogen) atoms. The summed E-state index contributed by atoms with van der Waals surface area (Å²) in [5.41, 5.74) is 0. The van der Waals surface area contributed by atoms with E-state index in [1.54, 1.807) is 6.08 Å². The second-order valence-corrected chi connectivity index (χ2v) is 17.1. The third-order valence-electron chi connectivity index (χ3n) is 9.24. The highest BCUT2D eigenvalue weighted by Gasteiger charge is 2.27. The lowest BCUT2D eigenvalue weighted by atomic mass is 10.1. The van der Waals surface area contributed by atoms with Crippen molar-refractivity contribution in [3.05, 3.63) is 60.8 Å². The zero-order chi connectivity index (χ0) is 40.0. The first-order valence-electron chi connectivity index (χ1n) is 21.7. The van der Waals surface area contributed by atoms with Gasteiger partial charge in [-0.3, -0.25) is 13.8 Å². The summed E-state index contributed by atoms with van der Waals surface area (Å²) < 4.78 is 23.5. The van der Waals surface area contributed by atoms with Gasteiger partial charge in [0.15, 0.2) is 0 Å². The molecule has 0 aliphatic heterocycles. The number of allylic oxidation sites excluding steroid dienone is 9. The molecule has 0 aromatic heterocycles. The lowest BCUT2D eigenvalue weighted by Crippen LogP contribution is -2.45. The standard InChI is InChI=1S/C45H83N2O6P/c1-6-8-10-12-14-16-18-19-20-21-22-23-24-25-26-27-29-31-33-35-37-39-45(49)46-43(42-53-54(50,51)52-41-40-47(3,4)5)44(48)38-36-34-32-30-28-17-15-13-11-9-7-2/h8,10,14,16,19-20,22-23,36,38,43-44,48H,6-7,9,11-13,15,17-18,21,24-35,37,39-42H2,1-5H3,(H-,46,49,50,51)/p+1/b10-8-,16-14-,20-19-,23-22-,38-36+. The molecule has 0 aliphatic carbocycles. The second-order valence-electron chi connectivity index (χ2n) is 15.7. The Morgan fingerprint density at radius 2 is 1.11 bits per heavy atom. The number of likely N-dealkylation sites (N-methyl/N-ethyl adjacent to an activating group) is 1. The van der Waals surface area contributed by atoms with Crippen LogP contribution in [0.5, 0.6) is 0 Å². The van der Waals surface area contributed by atoms with Gasteiger partial charge in [-0.05, 0) is 57.8 Å². The SMILES string of the molecule is CC/C=C\C/C=C\C/C=C\C/C=C\CCCCCCCCCCC(=O)NC(COP(=O)(O)OCC[N+](C)(C)C)C(O)/C=C/CCCCCCCCCCC. The van der Waals surface area contributed by atoms with Crippen LogP contribution in [0.4, 0.5) is 0 Å². The predicted octanol–water partition coefficient (Wildman–Crippen LogP) is 11.9. The van der Waals surface area contributed by atoms with Crippen LogP contribution >= 0.6 is 7.82 Å². The lowest BCUT2D eigenvalue weighted by Gasteiger charge is -2.25. The average Bonchev–Trinajstić information content (AvgIpc) is 3.12. The number of hydrogen-bond donors (Lipinski definition) is 3. The summed E-state index contributed by atoms with van der Waals surface area (Å²) in [6.07, 6.45) is 47.1. The number of phosphoric ester groups is 1. The van der Waals surface area contributed by atoms with E-state index in [2.05, 4.69) is 67.8 Å². The highest BCUT2D eigenvalue weighted by molar-refractivity contribution is 7.47. The van der Waals surface area contributed by atoms with E-state index in [0.717, 1.165) is 70.6 Å². The molecule has 0 bridgehead atoms. The number of hydrogen-bond acceptors (Lipinski definition) is 5. The van der Waals surface area contributed by atoms with E-state index in [0.29, 0.717) is 17.4 Å². The number of rotatable bonds is 38. The minimum atomic E-state index is -4.34. The Hall–Kier alpha value is -1.80. The topological polar surface area (TPSA) is 105 Å². The quantitative estimate of drug-likeness (QED) is 0.0249. The summed E-state index contributed by atoms with van der Waals surface area (Å²) >= 11 is 0. The maximum Gasteiger partial charge on any atom is 0.472 e. The fraction of sp³-hybridized carbons (Fsp3) is 0.756. The molecule has 0 spiro atoms. The molecule has 0 saturated heterocycles. The van der Waals surface area contributed by atoms with Gasteiger partial charge in [0.25, 0.3) is 0 Å². The zero-order valence-electron chi connectivity index (χ0n) is 35.4. The number of phosphoric acid groups is 1. The van der Waals surface area contributed by atoms with Crippen LogP contribution in [0, 0.1) is 0 Å². The van der Waals surface area contributed by atoms with Crippen LogP contribution in [0.25, 0.3) is 0 Å². The van der Waals surface area contributed by atoms with Gasteiger partial charge in [-0.2, -0.15) is 0 Å². The monoisotopic (exact) mass is 780 g/mol. The Morgan fingerprint density at radius 1 is 0.648 bits per heavy atom. The number of quaternary nitrogens is 1. The number of aliphatic hydroxyl groups is 1. The van der Waals surface area contributed by atoms with Crippen LogP contribution < -0.4 is 5.32 Å². The molecule has 0 saturated carbocycles. The molecule has 3 unspecified atom stereocenters. The van der Waals surface area contributed by atoms with Crippen molar-refractivity contribution in [1.82, 2.24) is 5.32 Å². The van der Waals surface area contributed by atoms with Crippen LogP contribution in [0.15, 0.2) is 60.8 Å². The van der Waals surface area contributed by atoms with Crippen LogP contribution in [0.2, 0.25) is 0 Å². The summed E-state index contributed by atoms with van der Waals surface area (Å²) in [5, 5.41) is 13.8. The van der Waals surface area contributed by atoms with Gasteiger partial charge in [0.2, 0.25) is 5.91 Å². The molecule has 1 amide bonds. The van der Waals surface area contributed by atoms with E-state index in [1.165, 1.54) is 77.0 Å². The summed E-state index contributed by atoms with van der Waals surface area (Å²) in [7, 11) is 1.55. The maximum atomic E-state index is 12.8. The van der Waals surface area contributed by atoms with Crippen LogP contribution in [0.1, 0.15) is 168 Å². The molecule has 0 aromatic rings. The van der Waals surface area contributed by atoms with Gasteiger partial charge >= 0.3 is 7.82 Å². The van der Waals surface area contributed by atoms with Gasteiger partial charge in [-0.25, -0.2) is 4.57 Å². The third kappa shape index (κ3) is 38.5. The van der Waals surface area contributed by atoms with Crippen molar-refractivity contribution in [3.8, 4) is 0 Å². The first-order chi connectivity index (χ1) is 26.0. The fourth-order valence-electron chi connectivity index (χ4n) is 5.79. The molecule has 0 rings (SSSR count). The lowest BCUT2D eigenvalue weighted by molar-refractivity contribution is -0.870. The van der Waals surface area contributed by atoms with E-state index in [9.17, 15) is 19.4 Å². The molecular weight excluding hydrogens is 695 g/mol. The Morgan fingerprint density at radius 3 is 1.63 bits per heavy atom. The van der Waals surface area contributed by atoms with Gasteiger partial charge in [-0.1, -0.05) is 164 Å². The molecular formula is C45H84N2O6P+. The van der Waals surface area contributed by atoms with E-state index in [4.69, 9.17) is 9.05 Å². The molecule has 0 radical (unpaired) electrons. The molecule has 0 fully saturated rings. The van der Waals surface area contributed by atoms with Crippen LogP contribution in [0.3, 0.4) is 0 Å². The van der Waals surface area contributed by atoms with Gasteiger partial charge in [0.05, 0.1) is 39.9 Å². The minimum Gasteiger partial charge on any atom is -0.387 e. The number of carbonyl (C=O) groups is 1. The van der Waals surface area contributed by atoms with Gasteiger partial charge in [-0.15, -0.1) is 0 Å². The van der Waals surface area contributed by atoms with Crippen molar-refractivity contribution in [2.45, 2.75) is 180 Å². The number of amides is 1. The fourth-order valence-corrected chi connectivity index (χ4v) is 6.53.